The van der Waals surface area contributed by atoms with Crippen LogP contribution in [0.3, 0.4) is 0 Å². The molecule has 0 aromatic heterocycles. The van der Waals surface area contributed by atoms with Gasteiger partial charge in [0.25, 0.3) is 5.91 Å². The molecule has 0 aliphatic heterocycles. The summed E-state index contributed by atoms with van der Waals surface area (Å²) in [6.07, 6.45) is 0. The van der Waals surface area contributed by atoms with Gasteiger partial charge in [0, 0.05) is 21.1 Å². The van der Waals surface area contributed by atoms with E-state index in [2.05, 4.69) is 18.7 Å². The van der Waals surface area contributed by atoms with Gasteiger partial charge in [-0.15, -0.1) is 0 Å². The minimum Gasteiger partial charge on any atom is -0.744 e. The Labute approximate surface area is 198 Å². The minimum atomic E-state index is -4.96. The summed E-state index contributed by atoms with van der Waals surface area (Å²) in [7, 11) is -4.96. The first-order chi connectivity index (χ1) is 16.3. The number of nitrogens with two attached hydrogens (primary N) is 1. The van der Waals surface area contributed by atoms with E-state index in [0.29, 0.717) is 55.9 Å². The van der Waals surface area contributed by atoms with Crippen molar-refractivity contribution in [3.05, 3.63) is 36.4 Å². The van der Waals surface area contributed by atoms with E-state index in [1.165, 1.54) is 18.2 Å². The summed E-state index contributed by atoms with van der Waals surface area (Å²) in [5.74, 6) is 4.62. The van der Waals surface area contributed by atoms with Crippen molar-refractivity contribution >= 4 is 72.4 Å². The molecule has 0 aliphatic carbocycles. The van der Waals surface area contributed by atoms with Crippen LogP contribution in [0.25, 0.3) is 32.3 Å². The molecule has 34 heavy (non-hydrogen) atoms. The number of hydrazine groups is 1. The van der Waals surface area contributed by atoms with Crippen molar-refractivity contribution in [2.24, 2.45) is 5.84 Å². The zero-order valence-corrected chi connectivity index (χ0v) is 18.9. The second-order valence-electron chi connectivity index (χ2n) is 6.57. The largest absolute Gasteiger partial charge is 0.744 e. The molecule has 0 atom stereocenters. The summed E-state index contributed by atoms with van der Waals surface area (Å²) in [5, 5.41) is 29.7. The lowest BCUT2D eigenvalue weighted by Crippen LogP contribution is -2.34. The molecule has 0 radical (unpaired) electrons. The van der Waals surface area contributed by atoms with Gasteiger partial charge in [0.1, 0.15) is 15.9 Å². The summed E-state index contributed by atoms with van der Waals surface area (Å²) in [5.41, 5.74) is 1.92. The van der Waals surface area contributed by atoms with E-state index in [1.807, 2.05) is 5.43 Å². The van der Waals surface area contributed by atoms with Gasteiger partial charge in [0.2, 0.25) is 0 Å². The number of hydrogen-bond donors (Lipinski definition) is 2. The zero-order chi connectivity index (χ0) is 24.5. The molecule has 4 aromatic carbocycles. The smallest absolute Gasteiger partial charge is 0.271 e. The average molecular weight is 527 g/mol. The molecular weight excluding hydrogens is 516 g/mol. The normalized spacial score (nSPS) is 12.1. The highest BCUT2D eigenvalue weighted by atomic mass is 32.2. The molecule has 0 bridgehead atoms. The maximum absolute atomic E-state index is 12.0. The van der Waals surface area contributed by atoms with Crippen LogP contribution in [0, 0.1) is 0 Å². The predicted molar refractivity (Wildman–Crippen MR) is 112 cm³/mol. The van der Waals surface area contributed by atoms with E-state index in [-0.39, 0.29) is 16.0 Å². The van der Waals surface area contributed by atoms with Crippen LogP contribution >= 0.6 is 24.1 Å². The highest BCUT2D eigenvalue weighted by Crippen LogP contribution is 2.47. The average Bonchev–Trinajstić information content (AvgIpc) is 2.83. The molecular formula is C18H11N2O11S3-3. The fourth-order valence-corrected chi connectivity index (χ4v) is 5.44. The second kappa shape index (κ2) is 10.0. The highest BCUT2D eigenvalue weighted by molar-refractivity contribution is 7.95. The van der Waals surface area contributed by atoms with Gasteiger partial charge >= 0.3 is 0 Å². The van der Waals surface area contributed by atoms with Crippen molar-refractivity contribution in [1.82, 2.24) is 5.43 Å². The number of carbonyl (C=O) groups is 1. The van der Waals surface area contributed by atoms with Crippen molar-refractivity contribution in [2.45, 2.75) is 14.7 Å². The summed E-state index contributed by atoms with van der Waals surface area (Å²) in [6.45, 7) is -0.459. The SMILES string of the molecule is NNC(=O)COc1cc(SOO[O-])c2ccc3c(SOO[O-])cc(S(=O)(=O)[O-])c4ccc1c2c34. The maximum atomic E-state index is 12.0. The highest BCUT2D eigenvalue weighted by Gasteiger charge is 2.22. The number of carbonyl (C=O) groups excluding carboxylic acids is 1. The Morgan fingerprint density at radius 2 is 1.44 bits per heavy atom. The molecule has 180 valence electrons. The Balaban J connectivity index is 2.11. The first-order valence-electron chi connectivity index (χ1n) is 8.93. The van der Waals surface area contributed by atoms with E-state index in [4.69, 9.17) is 10.6 Å². The number of hydrogen-bond acceptors (Lipinski definition) is 14. The van der Waals surface area contributed by atoms with E-state index in [9.17, 15) is 28.3 Å². The van der Waals surface area contributed by atoms with Crippen molar-refractivity contribution in [3.8, 4) is 5.75 Å². The maximum Gasteiger partial charge on any atom is 0.271 e. The fourth-order valence-electron chi connectivity index (χ4n) is 3.62. The van der Waals surface area contributed by atoms with Crippen molar-refractivity contribution in [1.29, 1.82) is 0 Å². The molecule has 0 fully saturated rings. The van der Waals surface area contributed by atoms with Gasteiger partial charge in [-0.2, -0.15) is 8.67 Å². The number of rotatable bonds is 10. The quantitative estimate of drug-likeness (QED) is 0.0542. The van der Waals surface area contributed by atoms with Gasteiger partial charge < -0.3 is 19.8 Å². The summed E-state index contributed by atoms with van der Waals surface area (Å²) >= 11 is 0.959. The van der Waals surface area contributed by atoms with Crippen LogP contribution in [-0.2, 0) is 33.7 Å². The molecule has 0 spiro atoms. The van der Waals surface area contributed by atoms with Crippen molar-refractivity contribution in [3.63, 3.8) is 0 Å². The topological polar surface area (TPSA) is 205 Å². The molecule has 1 amide bonds. The molecule has 0 unspecified atom stereocenters. The Bertz CT molecular complexity index is 1480. The Morgan fingerprint density at radius 3 is 2.00 bits per heavy atom. The molecule has 0 aliphatic rings. The van der Waals surface area contributed by atoms with E-state index < -0.39 is 27.5 Å². The molecule has 0 heterocycles. The van der Waals surface area contributed by atoms with Gasteiger partial charge in [-0.1, -0.05) is 18.2 Å². The lowest BCUT2D eigenvalue weighted by atomic mass is 9.93. The summed E-state index contributed by atoms with van der Waals surface area (Å²) in [6, 6.07) is 8.69. The second-order valence-corrected chi connectivity index (χ2v) is 9.40. The van der Waals surface area contributed by atoms with Crippen LogP contribution in [0.2, 0.25) is 0 Å². The van der Waals surface area contributed by atoms with Gasteiger partial charge in [-0.3, -0.25) is 20.3 Å². The molecule has 3 N–H and O–H groups in total. The fraction of sp³-hybridized carbons (Fsp3) is 0.0556. The van der Waals surface area contributed by atoms with E-state index in [1.54, 1.807) is 12.1 Å². The first kappa shape index (κ1) is 24.6. The van der Waals surface area contributed by atoms with E-state index in [0.717, 1.165) is 6.07 Å². The van der Waals surface area contributed by atoms with Crippen molar-refractivity contribution < 1.29 is 51.8 Å². The standard InChI is InChI=1S/C18H14N2O11S3/c19-20-16(21)7-27-12-5-13(32-30-28-22)9-2-3-10-14(33-31-29-23)6-15(34(24,25)26)11-4-1-8(12)17(9)18(10)11/h1-6,22-23H,7,19H2,(H,20,21)(H,24,25,26)/p-3. The van der Waals surface area contributed by atoms with Gasteiger partial charge in [0.05, 0.1) is 33.9 Å². The van der Waals surface area contributed by atoms with Gasteiger partial charge in [-0.05, 0) is 34.4 Å². The Kier molecular flexibility index (Phi) is 7.26. The van der Waals surface area contributed by atoms with Crippen LogP contribution in [0.15, 0.2) is 51.1 Å². The Hall–Kier alpha value is -2.48. The number of ether oxygens (including phenoxy) is 1. The number of amides is 1. The first-order valence-corrected chi connectivity index (χ1v) is 11.8. The van der Waals surface area contributed by atoms with Crippen LogP contribution in [0.5, 0.6) is 5.75 Å². The van der Waals surface area contributed by atoms with Crippen molar-refractivity contribution in [2.75, 3.05) is 6.61 Å². The molecule has 13 nitrogen and oxygen atoms in total. The Morgan fingerprint density at radius 1 is 0.912 bits per heavy atom. The lowest BCUT2D eigenvalue weighted by molar-refractivity contribution is -0.777. The number of benzene rings is 4. The van der Waals surface area contributed by atoms with Gasteiger partial charge in [-0.25, -0.2) is 14.3 Å². The van der Waals surface area contributed by atoms with Crippen LogP contribution < -0.4 is 26.5 Å². The summed E-state index contributed by atoms with van der Waals surface area (Å²) < 4.78 is 50.5. The molecule has 4 aromatic rings. The van der Waals surface area contributed by atoms with E-state index >= 15 is 0 Å². The zero-order valence-electron chi connectivity index (χ0n) is 16.5. The molecule has 0 saturated carbocycles. The predicted octanol–water partition coefficient (Wildman–Crippen LogP) is 0.318. The molecule has 16 heteroatoms. The third kappa shape index (κ3) is 4.57. The molecule has 4 rings (SSSR count). The molecule has 0 saturated heterocycles. The third-order valence-electron chi connectivity index (χ3n) is 4.84. The lowest BCUT2D eigenvalue weighted by Gasteiger charge is -2.20. The number of nitrogens with one attached hydrogen (secondary N) is 1. The third-order valence-corrected chi connectivity index (χ3v) is 7.00. The minimum absolute atomic E-state index is 0.0873. The van der Waals surface area contributed by atoms with Gasteiger partial charge in [0.15, 0.2) is 6.61 Å². The summed E-state index contributed by atoms with van der Waals surface area (Å²) in [4.78, 5) is 11.5. The van der Waals surface area contributed by atoms with Crippen LogP contribution in [0.1, 0.15) is 0 Å². The van der Waals surface area contributed by atoms with Crippen LogP contribution in [0.4, 0.5) is 0 Å². The van der Waals surface area contributed by atoms with Crippen LogP contribution in [-0.4, -0.2) is 25.5 Å². The monoisotopic (exact) mass is 527 g/mol.